The van der Waals surface area contributed by atoms with Gasteiger partial charge >= 0.3 is 0 Å². The van der Waals surface area contributed by atoms with Crippen LogP contribution in [0.15, 0.2) is 0 Å². The summed E-state index contributed by atoms with van der Waals surface area (Å²) in [7, 11) is 0. The van der Waals surface area contributed by atoms with Crippen LogP contribution in [0.3, 0.4) is 0 Å². The highest BCUT2D eigenvalue weighted by Crippen LogP contribution is 1.77. The number of rotatable bonds is 2. The van der Waals surface area contributed by atoms with Gasteiger partial charge in [0.05, 0.1) is 18.8 Å². The van der Waals surface area contributed by atoms with Crippen LogP contribution in [-0.4, -0.2) is 22.9 Å². The summed E-state index contributed by atoms with van der Waals surface area (Å²) < 4.78 is 0. The molecule has 0 amide bonds. The van der Waals surface area contributed by atoms with E-state index in [0.717, 1.165) is 6.42 Å². The van der Waals surface area contributed by atoms with E-state index in [-0.39, 0.29) is 6.61 Å². The molecule has 0 radical (unpaired) electrons. The molecule has 0 aromatic rings. The Morgan fingerprint density at radius 3 is 2.00 bits per heavy atom. The van der Waals surface area contributed by atoms with Crippen LogP contribution in [0.2, 0.25) is 0 Å². The monoisotopic (exact) mass is 145 g/mol. The zero-order chi connectivity index (χ0) is 8.41. The van der Waals surface area contributed by atoms with Gasteiger partial charge in [-0.3, -0.25) is 0 Å². The Morgan fingerprint density at radius 2 is 2.00 bits per heavy atom. The quantitative estimate of drug-likeness (QED) is 0.600. The molecular formula is C7H15NO2. The lowest BCUT2D eigenvalue weighted by atomic mass is 10.4. The van der Waals surface area contributed by atoms with Crippen LogP contribution in [-0.2, 0) is 0 Å². The van der Waals surface area contributed by atoms with E-state index in [9.17, 15) is 0 Å². The predicted molar refractivity (Wildman–Crippen MR) is 39.3 cm³/mol. The largest absolute Gasteiger partial charge is 0.394 e. The summed E-state index contributed by atoms with van der Waals surface area (Å²) in [4.78, 5) is 0. The van der Waals surface area contributed by atoms with Crippen LogP contribution in [0.4, 0.5) is 0 Å². The molecule has 2 N–H and O–H groups in total. The topological polar surface area (TPSA) is 64.2 Å². The second-order valence-electron chi connectivity index (χ2n) is 1.94. The molecule has 0 aromatic carbocycles. The van der Waals surface area contributed by atoms with Crippen LogP contribution < -0.4 is 0 Å². The molecule has 0 fully saturated rings. The highest BCUT2D eigenvalue weighted by atomic mass is 16.3. The van der Waals surface area contributed by atoms with Crippen LogP contribution in [0, 0.1) is 11.3 Å². The standard InChI is InChI=1S/C4H7N.C3H8O2/c1-2-3-4-5;1-3(5)2-4/h2-3H2,1H3;3-5H,2H2,1H3. The molecule has 3 nitrogen and oxygen atoms in total. The Morgan fingerprint density at radius 1 is 1.60 bits per heavy atom. The van der Waals surface area contributed by atoms with Crippen molar-refractivity contribution in [1.82, 2.24) is 0 Å². The Balaban J connectivity index is 0. The molecule has 0 rings (SSSR count). The average Bonchev–Trinajstić information content (AvgIpc) is 1.91. The van der Waals surface area contributed by atoms with Crippen molar-refractivity contribution in [3.63, 3.8) is 0 Å². The molecule has 60 valence electrons. The van der Waals surface area contributed by atoms with Gasteiger partial charge < -0.3 is 10.2 Å². The highest BCUT2D eigenvalue weighted by Gasteiger charge is 1.83. The van der Waals surface area contributed by atoms with Gasteiger partial charge in [-0.15, -0.1) is 0 Å². The number of aliphatic hydroxyl groups is 2. The lowest BCUT2D eigenvalue weighted by Gasteiger charge is -1.90. The van der Waals surface area contributed by atoms with Crippen molar-refractivity contribution >= 4 is 0 Å². The fourth-order valence-electron chi connectivity index (χ4n) is 0.112. The van der Waals surface area contributed by atoms with Crippen molar-refractivity contribution in [2.75, 3.05) is 6.61 Å². The van der Waals surface area contributed by atoms with Crippen molar-refractivity contribution in [3.8, 4) is 6.07 Å². The number of aliphatic hydroxyl groups excluding tert-OH is 2. The summed E-state index contributed by atoms with van der Waals surface area (Å²) in [5.74, 6) is 0. The van der Waals surface area contributed by atoms with Crippen molar-refractivity contribution in [3.05, 3.63) is 0 Å². The normalized spacial score (nSPS) is 10.7. The van der Waals surface area contributed by atoms with Gasteiger partial charge in [-0.05, 0) is 13.3 Å². The molecule has 0 spiro atoms. The van der Waals surface area contributed by atoms with Gasteiger partial charge in [0.15, 0.2) is 0 Å². The molecule has 0 saturated heterocycles. The van der Waals surface area contributed by atoms with Gasteiger partial charge in [-0.1, -0.05) is 6.92 Å². The minimum Gasteiger partial charge on any atom is -0.394 e. The third kappa shape index (κ3) is 26.2. The first-order valence-electron chi connectivity index (χ1n) is 3.34. The Hall–Kier alpha value is -0.590. The second-order valence-corrected chi connectivity index (χ2v) is 1.94. The first-order valence-corrected chi connectivity index (χ1v) is 3.34. The Labute approximate surface area is 61.9 Å². The maximum atomic E-state index is 8.11. The highest BCUT2D eigenvalue weighted by molar-refractivity contribution is 4.65. The zero-order valence-corrected chi connectivity index (χ0v) is 6.54. The molecular weight excluding hydrogens is 130 g/mol. The van der Waals surface area contributed by atoms with Gasteiger partial charge in [0.2, 0.25) is 0 Å². The lowest BCUT2D eigenvalue weighted by Crippen LogP contribution is -2.03. The minimum absolute atomic E-state index is 0.139. The Kier molecular flexibility index (Phi) is 13.6. The summed E-state index contributed by atoms with van der Waals surface area (Å²) in [6, 6.07) is 2.02. The maximum absolute atomic E-state index is 8.11. The fourth-order valence-corrected chi connectivity index (χ4v) is 0.112. The molecule has 0 aliphatic rings. The minimum atomic E-state index is -0.560. The van der Waals surface area contributed by atoms with Gasteiger partial charge in [0, 0.05) is 6.42 Å². The second kappa shape index (κ2) is 11.2. The van der Waals surface area contributed by atoms with E-state index in [4.69, 9.17) is 15.5 Å². The Bertz CT molecular complexity index is 86.1. The summed E-state index contributed by atoms with van der Waals surface area (Å²) in [6.07, 6.45) is 1.12. The van der Waals surface area contributed by atoms with E-state index in [1.807, 2.05) is 13.0 Å². The number of nitriles is 1. The predicted octanol–water partition coefficient (Wildman–Crippen LogP) is 0.670. The zero-order valence-electron chi connectivity index (χ0n) is 6.54. The first-order chi connectivity index (χ1) is 4.68. The number of unbranched alkanes of at least 4 members (excludes halogenated alkanes) is 1. The van der Waals surface area contributed by atoms with Crippen molar-refractivity contribution in [2.24, 2.45) is 0 Å². The SMILES string of the molecule is CC(O)CO.CCCC#N. The van der Waals surface area contributed by atoms with E-state index in [0.29, 0.717) is 6.42 Å². The molecule has 0 saturated carbocycles. The van der Waals surface area contributed by atoms with E-state index in [1.165, 1.54) is 6.92 Å². The van der Waals surface area contributed by atoms with E-state index in [1.54, 1.807) is 0 Å². The van der Waals surface area contributed by atoms with Gasteiger partial charge in [-0.25, -0.2) is 0 Å². The van der Waals surface area contributed by atoms with Crippen molar-refractivity contribution in [2.45, 2.75) is 32.8 Å². The van der Waals surface area contributed by atoms with Crippen LogP contribution in [0.25, 0.3) is 0 Å². The summed E-state index contributed by atoms with van der Waals surface area (Å²) in [5.41, 5.74) is 0. The lowest BCUT2D eigenvalue weighted by molar-refractivity contribution is 0.110. The van der Waals surface area contributed by atoms with Crippen molar-refractivity contribution < 1.29 is 10.2 Å². The van der Waals surface area contributed by atoms with Gasteiger partial charge in [0.25, 0.3) is 0 Å². The molecule has 3 heteroatoms. The molecule has 0 aromatic heterocycles. The van der Waals surface area contributed by atoms with Crippen molar-refractivity contribution in [1.29, 1.82) is 5.26 Å². The summed E-state index contributed by atoms with van der Waals surface area (Å²) in [5, 5.41) is 23.8. The third-order valence-electron chi connectivity index (χ3n) is 0.626. The molecule has 1 unspecified atom stereocenters. The van der Waals surface area contributed by atoms with Crippen LogP contribution in [0.5, 0.6) is 0 Å². The van der Waals surface area contributed by atoms with Gasteiger partial charge in [-0.2, -0.15) is 5.26 Å². The number of hydrogen-bond acceptors (Lipinski definition) is 3. The fraction of sp³-hybridized carbons (Fsp3) is 0.857. The molecule has 0 heterocycles. The molecule has 10 heavy (non-hydrogen) atoms. The van der Waals surface area contributed by atoms with E-state index in [2.05, 4.69) is 0 Å². The molecule has 1 atom stereocenters. The van der Waals surface area contributed by atoms with E-state index >= 15 is 0 Å². The average molecular weight is 145 g/mol. The van der Waals surface area contributed by atoms with Crippen LogP contribution >= 0.6 is 0 Å². The summed E-state index contributed by atoms with van der Waals surface area (Å²) >= 11 is 0. The summed E-state index contributed by atoms with van der Waals surface area (Å²) in [6.45, 7) is 3.38. The van der Waals surface area contributed by atoms with Gasteiger partial charge in [0.1, 0.15) is 0 Å². The maximum Gasteiger partial charge on any atom is 0.0742 e. The molecule has 0 aliphatic heterocycles. The van der Waals surface area contributed by atoms with E-state index < -0.39 is 6.10 Å². The number of hydrogen-bond donors (Lipinski definition) is 2. The van der Waals surface area contributed by atoms with Crippen LogP contribution in [0.1, 0.15) is 26.7 Å². The third-order valence-corrected chi connectivity index (χ3v) is 0.626. The smallest absolute Gasteiger partial charge is 0.0742 e. The molecule has 0 bridgehead atoms. The molecule has 0 aliphatic carbocycles. The number of nitrogens with zero attached hydrogens (tertiary/aromatic N) is 1. The first kappa shape index (κ1) is 12.1.